The molecule has 5 N–H and O–H groups in total. The summed E-state index contributed by atoms with van der Waals surface area (Å²) < 4.78 is 22.8. The van der Waals surface area contributed by atoms with Crippen molar-refractivity contribution in [2.45, 2.75) is 25.5 Å². The maximum Gasteiger partial charge on any atom is 0.372 e. The van der Waals surface area contributed by atoms with Crippen LogP contribution in [0.5, 0.6) is 11.5 Å². The molecule has 2 atom stereocenters. The van der Waals surface area contributed by atoms with E-state index in [0.717, 1.165) is 50.2 Å². The first-order valence-corrected chi connectivity index (χ1v) is 16.2. The fourth-order valence-corrected chi connectivity index (χ4v) is 6.02. The molecular formula is C37H36NO6P. The largest absolute Gasteiger partial charge is 0.736 e. The van der Waals surface area contributed by atoms with E-state index in [1.165, 1.54) is 0 Å². The van der Waals surface area contributed by atoms with Crippen molar-refractivity contribution in [3.63, 3.8) is 0 Å². The van der Waals surface area contributed by atoms with E-state index in [1.807, 2.05) is 128 Å². The highest BCUT2D eigenvalue weighted by atomic mass is 31.2. The van der Waals surface area contributed by atoms with Crippen LogP contribution in [0.4, 0.5) is 0 Å². The Kier molecular flexibility index (Phi) is 10.3. The van der Waals surface area contributed by atoms with Gasteiger partial charge < -0.3 is 29.9 Å². The topological polar surface area (TPSA) is 127 Å². The third kappa shape index (κ3) is 7.43. The molecule has 0 fully saturated rings. The molecule has 0 bridgehead atoms. The molecule has 7 nitrogen and oxygen atoms in total. The lowest BCUT2D eigenvalue weighted by atomic mass is 9.92. The van der Waals surface area contributed by atoms with Crippen LogP contribution in [0.1, 0.15) is 36.6 Å². The van der Waals surface area contributed by atoms with Crippen molar-refractivity contribution in [2.75, 3.05) is 6.61 Å². The molecule has 6 aromatic rings. The second kappa shape index (κ2) is 14.5. The number of rotatable bonds is 4. The number of hydrogen-bond acceptors (Lipinski definition) is 6. The summed E-state index contributed by atoms with van der Waals surface area (Å²) in [6.07, 6.45) is 0.323. The summed E-state index contributed by atoms with van der Waals surface area (Å²) in [4.78, 5) is 12.3. The van der Waals surface area contributed by atoms with E-state index < -0.39 is 13.9 Å². The normalized spacial score (nSPS) is 14.1. The fraction of sp³-hybridized carbons (Fsp3) is 0.135. The molecule has 0 unspecified atom stereocenters. The van der Waals surface area contributed by atoms with Gasteiger partial charge in [0.2, 0.25) is 0 Å². The molecule has 45 heavy (non-hydrogen) atoms. The number of phosphoric acid groups is 1. The van der Waals surface area contributed by atoms with Crippen molar-refractivity contribution in [1.29, 1.82) is 0 Å². The van der Waals surface area contributed by atoms with Crippen LogP contribution in [0.3, 0.4) is 0 Å². The second-order valence-corrected chi connectivity index (χ2v) is 11.8. The van der Waals surface area contributed by atoms with Crippen molar-refractivity contribution >= 4 is 29.4 Å². The Balaban J connectivity index is 0.000000172. The first-order valence-electron chi connectivity index (χ1n) is 14.8. The lowest BCUT2D eigenvalue weighted by molar-refractivity contribution is -0.446. The number of phosphoric ester groups is 1. The summed E-state index contributed by atoms with van der Waals surface area (Å²) in [5.41, 5.74) is 7.47. The van der Waals surface area contributed by atoms with Crippen LogP contribution >= 0.6 is 7.82 Å². The van der Waals surface area contributed by atoms with E-state index in [2.05, 4.69) is 5.73 Å². The number of aliphatic hydroxyl groups excluding tert-OH is 2. The van der Waals surface area contributed by atoms with Crippen molar-refractivity contribution in [2.24, 2.45) is 0 Å². The molecule has 0 spiro atoms. The monoisotopic (exact) mass is 621 g/mol. The summed E-state index contributed by atoms with van der Waals surface area (Å²) >= 11 is 0. The zero-order chi connectivity index (χ0) is 31.8. The summed E-state index contributed by atoms with van der Waals surface area (Å²) in [5.74, 6) is 0.569. The molecule has 0 aromatic heterocycles. The fourth-order valence-electron chi connectivity index (χ4n) is 5.20. The lowest BCUT2D eigenvalue weighted by Crippen LogP contribution is -2.56. The van der Waals surface area contributed by atoms with Gasteiger partial charge in [-0.2, -0.15) is 0 Å². The Morgan fingerprint density at radius 1 is 0.667 bits per heavy atom. The van der Waals surface area contributed by atoms with Crippen LogP contribution in [0.25, 0.3) is 32.7 Å². The predicted molar refractivity (Wildman–Crippen MR) is 177 cm³/mol. The second-order valence-electron chi connectivity index (χ2n) is 10.5. The zero-order valence-electron chi connectivity index (χ0n) is 25.0. The maximum atomic E-state index is 12.3. The first kappa shape index (κ1) is 31.9. The third-order valence-corrected chi connectivity index (χ3v) is 8.27. The van der Waals surface area contributed by atoms with E-state index in [-0.39, 0.29) is 17.5 Å². The average Bonchev–Trinajstić information content (AvgIpc) is 3.21. The molecule has 230 valence electrons. The Labute approximate surface area is 262 Å². The Morgan fingerprint density at radius 3 is 1.51 bits per heavy atom. The van der Waals surface area contributed by atoms with Gasteiger partial charge in [0.1, 0.15) is 23.6 Å². The SMILES string of the molecule is CCCO.O=P1([O-])Oc2ccc3ccccc3c2-c2c(ccc3ccccc23)O1.[NH3+][C@@H](c1ccccc1)[C@H](O)c1ccccc1. The summed E-state index contributed by atoms with van der Waals surface area (Å²) in [6.45, 7) is 2.25. The summed E-state index contributed by atoms with van der Waals surface area (Å²) in [5, 5.41) is 21.9. The number of quaternary nitrogens is 1. The Morgan fingerprint density at radius 2 is 1.07 bits per heavy atom. The lowest BCUT2D eigenvalue weighted by Gasteiger charge is -2.21. The van der Waals surface area contributed by atoms with Crippen LogP contribution in [0.2, 0.25) is 0 Å². The van der Waals surface area contributed by atoms with E-state index in [9.17, 15) is 14.6 Å². The van der Waals surface area contributed by atoms with Gasteiger partial charge in [0.05, 0.1) is 0 Å². The van der Waals surface area contributed by atoms with E-state index in [4.69, 9.17) is 14.2 Å². The van der Waals surface area contributed by atoms with Gasteiger partial charge >= 0.3 is 7.82 Å². The number of hydrogen-bond donors (Lipinski definition) is 3. The molecule has 0 aliphatic carbocycles. The van der Waals surface area contributed by atoms with Gasteiger partial charge in [-0.3, -0.25) is 0 Å². The van der Waals surface area contributed by atoms with Crippen LogP contribution in [0, 0.1) is 0 Å². The molecular weight excluding hydrogens is 585 g/mol. The quantitative estimate of drug-likeness (QED) is 0.182. The van der Waals surface area contributed by atoms with Gasteiger partial charge in [-0.25, -0.2) is 4.57 Å². The van der Waals surface area contributed by atoms with E-state index >= 15 is 0 Å². The van der Waals surface area contributed by atoms with Crippen molar-refractivity contribution in [1.82, 2.24) is 0 Å². The molecule has 6 aromatic carbocycles. The highest BCUT2D eigenvalue weighted by Crippen LogP contribution is 2.55. The van der Waals surface area contributed by atoms with E-state index in [0.29, 0.717) is 6.61 Å². The van der Waals surface area contributed by atoms with Crippen molar-refractivity contribution < 1.29 is 34.5 Å². The minimum absolute atomic E-state index is 0.136. The molecule has 1 aliphatic rings. The maximum absolute atomic E-state index is 12.3. The minimum Gasteiger partial charge on any atom is -0.736 e. The molecule has 0 amide bonds. The van der Waals surface area contributed by atoms with Crippen LogP contribution in [-0.2, 0) is 4.57 Å². The standard InChI is InChI=1S/C20H13O4P.C14H15NO.C3H8O/c21-25(22)23-17-11-9-13-5-1-3-7-15(13)19(17)20-16-8-4-2-6-14(16)10-12-18(20)24-25;15-13(11-7-3-1-4-8-11)14(16)12-9-5-2-6-10-12;1-2-3-4/h1-12H,(H,21,22);1-10,13-14,16H,15H2;4H,2-3H2,1H3/t;13-,14+;/m.0./s1. The smallest absolute Gasteiger partial charge is 0.372 e. The van der Waals surface area contributed by atoms with Crippen LogP contribution in [-0.4, -0.2) is 16.8 Å². The number of fused-ring (bicyclic) bond motifs is 7. The number of benzene rings is 6. The third-order valence-electron chi connectivity index (χ3n) is 7.43. The molecule has 0 saturated carbocycles. The van der Waals surface area contributed by atoms with Gasteiger partial charge in [-0.1, -0.05) is 128 Å². The average molecular weight is 622 g/mol. The molecule has 1 aliphatic heterocycles. The number of aliphatic hydroxyl groups is 2. The molecule has 1 heterocycles. The molecule has 7 rings (SSSR count). The van der Waals surface area contributed by atoms with Crippen molar-refractivity contribution in [3.8, 4) is 22.6 Å². The van der Waals surface area contributed by atoms with Crippen molar-refractivity contribution in [3.05, 3.63) is 145 Å². The Bertz CT molecular complexity index is 1780. The minimum atomic E-state index is -4.50. The van der Waals surface area contributed by atoms with Gasteiger partial charge in [0.15, 0.2) is 0 Å². The van der Waals surface area contributed by atoms with Gasteiger partial charge in [-0.15, -0.1) is 0 Å². The molecule has 8 heteroatoms. The highest BCUT2D eigenvalue weighted by Gasteiger charge is 2.27. The van der Waals surface area contributed by atoms with Gasteiger partial charge in [-0.05, 0) is 45.7 Å². The molecule has 0 radical (unpaired) electrons. The predicted octanol–water partition coefficient (Wildman–Crippen LogP) is 6.99. The molecule has 0 saturated heterocycles. The Hall–Kier alpha value is -4.49. The van der Waals surface area contributed by atoms with Crippen LogP contribution < -0.4 is 19.7 Å². The van der Waals surface area contributed by atoms with Gasteiger partial charge in [0.25, 0.3) is 0 Å². The van der Waals surface area contributed by atoms with Gasteiger partial charge in [0, 0.05) is 23.3 Å². The van der Waals surface area contributed by atoms with E-state index in [1.54, 1.807) is 12.1 Å². The first-order chi connectivity index (χ1) is 21.8. The summed E-state index contributed by atoms with van der Waals surface area (Å²) in [7, 11) is -4.50. The zero-order valence-corrected chi connectivity index (χ0v) is 25.8. The van der Waals surface area contributed by atoms with Crippen LogP contribution in [0.15, 0.2) is 133 Å². The highest BCUT2D eigenvalue weighted by molar-refractivity contribution is 7.46. The summed E-state index contributed by atoms with van der Waals surface area (Å²) in [6, 6.07) is 42.1.